The molecule has 3 nitrogen and oxygen atoms in total. The summed E-state index contributed by atoms with van der Waals surface area (Å²) in [5.41, 5.74) is 7.69. The second-order valence-corrected chi connectivity index (χ2v) is 4.55. The topological polar surface area (TPSA) is 50.9 Å². The average Bonchev–Trinajstić information content (AvgIpc) is 2.08. The van der Waals surface area contributed by atoms with Crippen LogP contribution in [-0.4, -0.2) is 11.0 Å². The highest BCUT2D eigenvalue weighted by Gasteiger charge is 2.23. The lowest BCUT2D eigenvalue weighted by atomic mass is 9.80. The SMILES string of the molecule is Cc1cnc(NC(C)C2CCC2)cc1N. The van der Waals surface area contributed by atoms with E-state index in [9.17, 15) is 0 Å². The van der Waals surface area contributed by atoms with E-state index in [0.717, 1.165) is 23.0 Å². The van der Waals surface area contributed by atoms with Gasteiger partial charge >= 0.3 is 0 Å². The molecule has 0 aromatic carbocycles. The van der Waals surface area contributed by atoms with Crippen LogP contribution in [0.25, 0.3) is 0 Å². The molecule has 1 saturated carbocycles. The Balaban J connectivity index is 2.00. The summed E-state index contributed by atoms with van der Waals surface area (Å²) in [6, 6.07) is 2.43. The summed E-state index contributed by atoms with van der Waals surface area (Å²) in [4.78, 5) is 4.33. The second-order valence-electron chi connectivity index (χ2n) is 4.55. The van der Waals surface area contributed by atoms with Gasteiger partial charge in [-0.1, -0.05) is 6.42 Å². The Kier molecular flexibility index (Phi) is 2.80. The number of aromatic nitrogens is 1. The number of nitrogen functional groups attached to an aromatic ring is 1. The van der Waals surface area contributed by atoms with Gasteiger partial charge < -0.3 is 11.1 Å². The highest BCUT2D eigenvalue weighted by atomic mass is 15.0. The monoisotopic (exact) mass is 205 g/mol. The maximum absolute atomic E-state index is 5.84. The van der Waals surface area contributed by atoms with E-state index in [2.05, 4.69) is 17.2 Å². The Morgan fingerprint density at radius 1 is 1.53 bits per heavy atom. The summed E-state index contributed by atoms with van der Waals surface area (Å²) in [5.74, 6) is 1.71. The molecule has 0 aliphatic heterocycles. The minimum atomic E-state index is 0.508. The molecule has 3 N–H and O–H groups in total. The van der Waals surface area contributed by atoms with Crippen molar-refractivity contribution in [2.24, 2.45) is 5.92 Å². The molecular formula is C12H19N3. The maximum Gasteiger partial charge on any atom is 0.128 e. The molecule has 82 valence electrons. The standard InChI is InChI=1S/C12H19N3/c1-8-7-14-12(6-11(8)13)15-9(2)10-4-3-5-10/h6-7,9-10H,3-5H2,1-2H3,(H3,13,14,15). The van der Waals surface area contributed by atoms with Gasteiger partial charge in [0.15, 0.2) is 0 Å². The number of pyridine rings is 1. The second kappa shape index (κ2) is 4.09. The number of nitrogens with one attached hydrogen (secondary N) is 1. The van der Waals surface area contributed by atoms with Gasteiger partial charge in [0.1, 0.15) is 5.82 Å². The number of nitrogens with two attached hydrogens (primary N) is 1. The van der Waals surface area contributed by atoms with Crippen LogP contribution >= 0.6 is 0 Å². The van der Waals surface area contributed by atoms with Crippen molar-refractivity contribution in [3.63, 3.8) is 0 Å². The van der Waals surface area contributed by atoms with Gasteiger partial charge in [-0.2, -0.15) is 0 Å². The molecule has 1 atom stereocenters. The first-order chi connectivity index (χ1) is 7.16. The van der Waals surface area contributed by atoms with Crippen molar-refractivity contribution in [3.05, 3.63) is 17.8 Å². The molecule has 0 saturated heterocycles. The van der Waals surface area contributed by atoms with E-state index in [1.54, 1.807) is 0 Å². The fourth-order valence-electron chi connectivity index (χ4n) is 1.91. The van der Waals surface area contributed by atoms with Gasteiger partial charge in [-0.15, -0.1) is 0 Å². The molecule has 0 amide bonds. The molecule has 0 spiro atoms. The van der Waals surface area contributed by atoms with Crippen LogP contribution in [0, 0.1) is 12.8 Å². The first kappa shape index (κ1) is 10.3. The Morgan fingerprint density at radius 2 is 2.27 bits per heavy atom. The molecule has 1 heterocycles. The molecule has 0 radical (unpaired) electrons. The van der Waals surface area contributed by atoms with E-state index in [1.807, 2.05) is 19.2 Å². The first-order valence-electron chi connectivity index (χ1n) is 5.65. The third-order valence-electron chi connectivity index (χ3n) is 3.38. The normalized spacial score (nSPS) is 18.3. The molecule has 1 aliphatic carbocycles. The lowest BCUT2D eigenvalue weighted by Crippen LogP contribution is -2.31. The zero-order valence-corrected chi connectivity index (χ0v) is 9.46. The lowest BCUT2D eigenvalue weighted by molar-refractivity contribution is 0.285. The largest absolute Gasteiger partial charge is 0.398 e. The molecule has 0 bridgehead atoms. The van der Waals surface area contributed by atoms with Gasteiger partial charge in [0.25, 0.3) is 0 Å². The Bertz CT molecular complexity index is 345. The minimum absolute atomic E-state index is 0.508. The van der Waals surface area contributed by atoms with Gasteiger partial charge in [-0.25, -0.2) is 4.98 Å². The van der Waals surface area contributed by atoms with Gasteiger partial charge in [0, 0.05) is 24.0 Å². The fraction of sp³-hybridized carbons (Fsp3) is 0.583. The number of hydrogen-bond donors (Lipinski definition) is 2. The summed E-state index contributed by atoms with van der Waals surface area (Å²) in [6.45, 7) is 4.20. The summed E-state index contributed by atoms with van der Waals surface area (Å²) in [7, 11) is 0. The summed E-state index contributed by atoms with van der Waals surface area (Å²) in [6.07, 6.45) is 5.89. The van der Waals surface area contributed by atoms with Crippen molar-refractivity contribution in [2.45, 2.75) is 39.2 Å². The molecule has 1 aromatic heterocycles. The number of anilines is 2. The quantitative estimate of drug-likeness (QED) is 0.797. The van der Waals surface area contributed by atoms with Crippen LogP contribution in [0.2, 0.25) is 0 Å². The summed E-state index contributed by atoms with van der Waals surface area (Å²) < 4.78 is 0. The third-order valence-corrected chi connectivity index (χ3v) is 3.38. The molecule has 2 rings (SSSR count). The number of hydrogen-bond acceptors (Lipinski definition) is 3. The van der Waals surface area contributed by atoms with Crippen molar-refractivity contribution < 1.29 is 0 Å². The zero-order chi connectivity index (χ0) is 10.8. The summed E-state index contributed by atoms with van der Waals surface area (Å²) >= 11 is 0. The van der Waals surface area contributed by atoms with Gasteiger partial charge in [-0.05, 0) is 38.2 Å². The van der Waals surface area contributed by atoms with E-state index >= 15 is 0 Å². The van der Waals surface area contributed by atoms with Gasteiger partial charge in [0.05, 0.1) is 0 Å². The van der Waals surface area contributed by atoms with Crippen LogP contribution in [0.4, 0.5) is 11.5 Å². The molecule has 3 heteroatoms. The maximum atomic E-state index is 5.84. The molecule has 1 aromatic rings. The van der Waals surface area contributed by atoms with Crippen LogP contribution in [0.3, 0.4) is 0 Å². The molecule has 1 aliphatic rings. The van der Waals surface area contributed by atoms with E-state index in [-0.39, 0.29) is 0 Å². The predicted molar refractivity (Wildman–Crippen MR) is 63.8 cm³/mol. The minimum Gasteiger partial charge on any atom is -0.398 e. The number of rotatable bonds is 3. The van der Waals surface area contributed by atoms with E-state index in [4.69, 9.17) is 5.73 Å². The average molecular weight is 205 g/mol. The molecule has 15 heavy (non-hydrogen) atoms. The van der Waals surface area contributed by atoms with Crippen molar-refractivity contribution >= 4 is 11.5 Å². The van der Waals surface area contributed by atoms with E-state index < -0.39 is 0 Å². The first-order valence-corrected chi connectivity index (χ1v) is 5.65. The summed E-state index contributed by atoms with van der Waals surface area (Å²) in [5, 5.41) is 3.42. The van der Waals surface area contributed by atoms with Crippen molar-refractivity contribution in [3.8, 4) is 0 Å². The molecule has 1 unspecified atom stereocenters. The van der Waals surface area contributed by atoms with Crippen molar-refractivity contribution in [1.82, 2.24) is 4.98 Å². The lowest BCUT2D eigenvalue weighted by Gasteiger charge is -2.32. The van der Waals surface area contributed by atoms with Gasteiger partial charge in [-0.3, -0.25) is 0 Å². The number of nitrogens with zero attached hydrogens (tertiary/aromatic N) is 1. The van der Waals surface area contributed by atoms with Gasteiger partial charge in [0.2, 0.25) is 0 Å². The van der Waals surface area contributed by atoms with Crippen LogP contribution < -0.4 is 11.1 Å². The van der Waals surface area contributed by atoms with Crippen LogP contribution in [0.5, 0.6) is 0 Å². The highest BCUT2D eigenvalue weighted by Crippen LogP contribution is 2.30. The highest BCUT2D eigenvalue weighted by molar-refractivity contribution is 5.53. The Labute approximate surface area is 91.1 Å². The Morgan fingerprint density at radius 3 is 2.80 bits per heavy atom. The smallest absolute Gasteiger partial charge is 0.128 e. The van der Waals surface area contributed by atoms with E-state index in [0.29, 0.717) is 6.04 Å². The number of aryl methyl sites for hydroxylation is 1. The predicted octanol–water partition coefficient (Wildman–Crippen LogP) is 2.57. The van der Waals surface area contributed by atoms with Crippen LogP contribution in [0.1, 0.15) is 31.7 Å². The van der Waals surface area contributed by atoms with Crippen molar-refractivity contribution in [2.75, 3.05) is 11.1 Å². The van der Waals surface area contributed by atoms with Crippen molar-refractivity contribution in [1.29, 1.82) is 0 Å². The third kappa shape index (κ3) is 2.22. The van der Waals surface area contributed by atoms with E-state index in [1.165, 1.54) is 19.3 Å². The zero-order valence-electron chi connectivity index (χ0n) is 9.46. The fourth-order valence-corrected chi connectivity index (χ4v) is 1.91. The Hall–Kier alpha value is -1.25. The van der Waals surface area contributed by atoms with Crippen LogP contribution in [-0.2, 0) is 0 Å². The molecule has 1 fully saturated rings. The molecular weight excluding hydrogens is 186 g/mol. The van der Waals surface area contributed by atoms with Crippen LogP contribution in [0.15, 0.2) is 12.3 Å².